The predicted octanol–water partition coefficient (Wildman–Crippen LogP) is -1.39. The van der Waals surface area contributed by atoms with Crippen LogP contribution in [0.4, 0.5) is 5.69 Å². The Morgan fingerprint density at radius 3 is 2.41 bits per heavy atom. The summed E-state index contributed by atoms with van der Waals surface area (Å²) in [6.45, 7) is 10.3. The molecule has 117 valence electrons. The van der Waals surface area contributed by atoms with Gasteiger partial charge in [0.2, 0.25) is 0 Å². The number of nitrogens with one attached hydrogen (secondary N) is 1. The summed E-state index contributed by atoms with van der Waals surface area (Å²) in [4.78, 5) is 0. The number of aryl methyl sites for hydroxylation is 2. The quantitative estimate of drug-likeness (QED) is 0.600. The molecule has 1 atom stereocenters. The Hall–Kier alpha value is -0.206. The van der Waals surface area contributed by atoms with Crippen LogP contribution in [0.2, 0.25) is 0 Å². The molecule has 0 fully saturated rings. The fourth-order valence-corrected chi connectivity index (χ4v) is 4.28. The molecule has 1 aromatic rings. The van der Waals surface area contributed by atoms with Gasteiger partial charge in [-0.05, 0) is 0 Å². The first-order valence-electron chi connectivity index (χ1n) is 7.52. The molecule has 22 heavy (non-hydrogen) atoms. The molecule has 0 spiro atoms. The van der Waals surface area contributed by atoms with Gasteiger partial charge in [-0.2, -0.15) is 0 Å². The number of allylic oxidation sites excluding steroid dienone is 4. The van der Waals surface area contributed by atoms with Crippen molar-refractivity contribution >= 4 is 11.3 Å². The van der Waals surface area contributed by atoms with Crippen molar-refractivity contribution < 1.29 is 45.2 Å². The first-order valence-corrected chi connectivity index (χ1v) is 8.30. The molecule has 1 heterocycles. The van der Waals surface area contributed by atoms with Crippen LogP contribution >= 0.6 is 0 Å². The molecule has 1 unspecified atom stereocenters. The van der Waals surface area contributed by atoms with Crippen molar-refractivity contribution in [2.24, 2.45) is 5.92 Å². The van der Waals surface area contributed by atoms with Crippen molar-refractivity contribution in [2.75, 3.05) is 11.9 Å². The number of hydrogen-bond acceptors (Lipinski definition) is 1. The number of hydrogen-bond donors (Lipinski definition) is 1. The molecule has 3 rings (SSSR count). The van der Waals surface area contributed by atoms with E-state index in [0.29, 0.717) is 5.92 Å². The zero-order valence-electron chi connectivity index (χ0n) is 13.6. The Morgan fingerprint density at radius 1 is 1.14 bits per heavy atom. The first-order chi connectivity index (χ1) is 9.52. The molecule has 0 saturated heterocycles. The van der Waals surface area contributed by atoms with E-state index in [1.807, 2.05) is 0 Å². The van der Waals surface area contributed by atoms with E-state index in [-0.39, 0.29) is 24.8 Å². The molecule has 2 aliphatic rings. The summed E-state index contributed by atoms with van der Waals surface area (Å²) in [5.41, 5.74) is 10.3. The van der Waals surface area contributed by atoms with Crippen LogP contribution in [0.3, 0.4) is 0 Å². The summed E-state index contributed by atoms with van der Waals surface area (Å²) >= 11 is 2.31. The summed E-state index contributed by atoms with van der Waals surface area (Å²) in [6.07, 6.45) is 2.46. The third-order valence-corrected chi connectivity index (χ3v) is 6.06. The van der Waals surface area contributed by atoms with Gasteiger partial charge in [-0.25, -0.2) is 0 Å². The smallest absolute Gasteiger partial charge is 1.00 e. The average Bonchev–Trinajstić information content (AvgIpc) is 2.64. The first kappa shape index (κ1) is 19.8. The van der Waals surface area contributed by atoms with Crippen LogP contribution in [0.15, 0.2) is 27.2 Å². The van der Waals surface area contributed by atoms with Crippen LogP contribution in [0.25, 0.3) is 5.57 Å². The number of fused-ring (bicyclic) bond motifs is 1. The molecule has 1 N–H and O–H groups in total. The fourth-order valence-electron chi connectivity index (χ4n) is 3.45. The van der Waals surface area contributed by atoms with E-state index in [2.05, 4.69) is 65.6 Å². The van der Waals surface area contributed by atoms with Crippen LogP contribution in [0.5, 0.6) is 0 Å². The molecule has 0 radical (unpaired) electrons. The number of anilines is 1. The second kappa shape index (κ2) is 7.58. The Bertz CT molecular complexity index is 647. The summed E-state index contributed by atoms with van der Waals surface area (Å²) in [7, 11) is 0. The maximum atomic E-state index is 3.66. The maximum absolute atomic E-state index is 3.66. The van der Waals surface area contributed by atoms with Gasteiger partial charge < -0.3 is 24.8 Å². The van der Waals surface area contributed by atoms with Crippen molar-refractivity contribution in [2.45, 2.75) is 40.5 Å². The van der Waals surface area contributed by atoms with Crippen molar-refractivity contribution in [3.8, 4) is 0 Å². The summed E-state index contributed by atoms with van der Waals surface area (Å²) < 4.78 is 1.53. The van der Waals surface area contributed by atoms with E-state index in [9.17, 15) is 0 Å². The van der Waals surface area contributed by atoms with Gasteiger partial charge in [-0.1, -0.05) is 0 Å². The van der Waals surface area contributed by atoms with Crippen LogP contribution in [0, 0.1) is 12.8 Å². The van der Waals surface area contributed by atoms with Crippen LogP contribution < -0.4 is 30.1 Å². The van der Waals surface area contributed by atoms with Gasteiger partial charge in [0, 0.05) is 0 Å². The molecule has 1 nitrogen and oxygen atoms in total. The molecule has 0 bridgehead atoms. The van der Waals surface area contributed by atoms with E-state index >= 15 is 0 Å². The topological polar surface area (TPSA) is 12.0 Å². The van der Waals surface area contributed by atoms with Crippen LogP contribution in [0.1, 0.15) is 43.9 Å². The average molecular weight is 371 g/mol. The van der Waals surface area contributed by atoms with E-state index in [1.54, 1.807) is 0 Å². The maximum Gasteiger partial charge on any atom is -1.00 e. The molecule has 1 aliphatic carbocycles. The van der Waals surface area contributed by atoms with Gasteiger partial charge in [0.25, 0.3) is 0 Å². The largest absolute Gasteiger partial charge is 1.00 e. The molecule has 0 aromatic heterocycles. The van der Waals surface area contributed by atoms with Gasteiger partial charge in [0.05, 0.1) is 0 Å². The summed E-state index contributed by atoms with van der Waals surface area (Å²) in [5.74, 6) is 0.587. The van der Waals surface area contributed by atoms with Gasteiger partial charge >= 0.3 is 134 Å². The van der Waals surface area contributed by atoms with E-state index < -0.39 is 0 Å². The Labute approximate surface area is 158 Å². The molecule has 1 aliphatic heterocycles. The molecular formula is C18H22Cl2NTi. The summed E-state index contributed by atoms with van der Waals surface area (Å²) in [6, 6.07) is 4.60. The van der Waals surface area contributed by atoms with Gasteiger partial charge in [-0.15, -0.1) is 0 Å². The van der Waals surface area contributed by atoms with Crippen molar-refractivity contribution in [1.29, 1.82) is 0 Å². The minimum Gasteiger partial charge on any atom is -1.00 e. The minimum atomic E-state index is 0. The second-order valence-corrected chi connectivity index (χ2v) is 6.98. The number of halogens is 2. The number of rotatable bonds is 1. The standard InChI is InChI=1S/C18H22N.2ClH.Ti/c1-11-7-8-15-6-5-9-19-18(15)17(11)16-10-12(2)13(3)14(16)4;;;/h7-8,12,19H,5-6,9H2,1-4H3;2*1H;/q;;;+2/p-2. The molecule has 0 saturated carbocycles. The van der Waals surface area contributed by atoms with E-state index in [1.165, 1.54) is 55.8 Å². The van der Waals surface area contributed by atoms with E-state index in [4.69, 9.17) is 0 Å². The van der Waals surface area contributed by atoms with Crippen LogP contribution in [-0.2, 0) is 26.9 Å². The van der Waals surface area contributed by atoms with E-state index in [0.717, 1.165) is 6.54 Å². The van der Waals surface area contributed by atoms with Gasteiger partial charge in [0.15, 0.2) is 0 Å². The zero-order chi connectivity index (χ0) is 14.4. The fraction of sp³-hybridized carbons (Fsp3) is 0.444. The Morgan fingerprint density at radius 2 is 1.82 bits per heavy atom. The minimum absolute atomic E-state index is 0. The van der Waals surface area contributed by atoms with Crippen molar-refractivity contribution in [3.05, 3.63) is 43.8 Å². The molecule has 0 amide bonds. The van der Waals surface area contributed by atoms with Gasteiger partial charge in [0.1, 0.15) is 0 Å². The molecule has 1 aromatic carbocycles. The molecule has 4 heteroatoms. The second-order valence-electron chi connectivity index (χ2n) is 6.14. The predicted molar refractivity (Wildman–Crippen MR) is 82.4 cm³/mol. The van der Waals surface area contributed by atoms with Crippen LogP contribution in [-0.4, -0.2) is 6.54 Å². The third kappa shape index (κ3) is 3.06. The summed E-state index contributed by atoms with van der Waals surface area (Å²) in [5, 5.41) is 3.66. The van der Waals surface area contributed by atoms with Crippen molar-refractivity contribution in [1.82, 2.24) is 0 Å². The SMILES string of the molecule is CC1=C(C)C(C)[C]([Ti+2])=C1c1c(C)ccc2c1NCCC2.[Cl-].[Cl-]. The third-order valence-electron chi connectivity index (χ3n) is 4.99. The van der Waals surface area contributed by atoms with Gasteiger partial charge in [-0.3, -0.25) is 0 Å². The zero-order valence-corrected chi connectivity index (χ0v) is 16.7. The Kier molecular flexibility index (Phi) is 6.83. The normalized spacial score (nSPS) is 20.2. The number of benzene rings is 1. The Balaban J connectivity index is 0.00000121. The monoisotopic (exact) mass is 370 g/mol. The van der Waals surface area contributed by atoms with Crippen molar-refractivity contribution in [3.63, 3.8) is 0 Å². The molecular weight excluding hydrogens is 349 g/mol.